The number of aromatic nitrogens is 1. The smallest absolute Gasteiger partial charge is 0.430 e. The summed E-state index contributed by atoms with van der Waals surface area (Å²) >= 11 is 1.72. The predicted octanol–water partition coefficient (Wildman–Crippen LogP) is 6.19. The van der Waals surface area contributed by atoms with Crippen molar-refractivity contribution < 1.29 is 45.7 Å². The van der Waals surface area contributed by atoms with Crippen LogP contribution in [0.4, 0.5) is 26.3 Å². The fourth-order valence-corrected chi connectivity index (χ4v) is 3.33. The minimum absolute atomic E-state index is 0.0701. The number of aliphatic hydroxyl groups excluding tert-OH is 1. The molecule has 0 spiro atoms. The second kappa shape index (κ2) is 10.5. The van der Waals surface area contributed by atoms with Gasteiger partial charge in [-0.15, -0.1) is 0 Å². The molecule has 0 saturated carbocycles. The highest BCUT2D eigenvalue weighted by molar-refractivity contribution is 14.1. The van der Waals surface area contributed by atoms with Gasteiger partial charge in [0.1, 0.15) is 22.4 Å². The highest BCUT2D eigenvalue weighted by atomic mass is 127. The van der Waals surface area contributed by atoms with Gasteiger partial charge in [-0.2, -0.15) is 26.3 Å². The van der Waals surface area contributed by atoms with E-state index in [1.807, 2.05) is 0 Å². The lowest BCUT2D eigenvalue weighted by atomic mass is 9.89. The number of benzene rings is 1. The SMILES string of the molecule is CCCc1cc(C(OCOC)(C(F)(F)F)C(F)(F)F)ccc1Oc1ccnc(C(O)I)c1. The van der Waals surface area contributed by atoms with Gasteiger partial charge in [-0.1, -0.05) is 19.4 Å². The minimum atomic E-state index is -5.81. The van der Waals surface area contributed by atoms with Crippen LogP contribution < -0.4 is 4.74 Å². The van der Waals surface area contributed by atoms with Crippen LogP contribution in [0.2, 0.25) is 0 Å². The van der Waals surface area contributed by atoms with E-state index in [9.17, 15) is 31.4 Å². The maximum atomic E-state index is 13.8. The van der Waals surface area contributed by atoms with Crippen LogP contribution in [0.1, 0.15) is 34.3 Å². The lowest BCUT2D eigenvalue weighted by Crippen LogP contribution is -2.56. The molecule has 5 nitrogen and oxygen atoms in total. The van der Waals surface area contributed by atoms with Crippen molar-refractivity contribution in [2.45, 2.75) is 41.8 Å². The van der Waals surface area contributed by atoms with Crippen molar-refractivity contribution in [3.05, 3.63) is 53.3 Å². The van der Waals surface area contributed by atoms with E-state index in [0.29, 0.717) is 12.5 Å². The molecule has 2 aromatic rings. The fraction of sp³-hybridized carbons (Fsp3) is 0.450. The molecule has 1 heterocycles. The Morgan fingerprint density at radius 2 is 1.72 bits per heavy atom. The molecule has 0 aliphatic rings. The maximum absolute atomic E-state index is 13.8. The Bertz CT molecular complexity index is 890. The third kappa shape index (κ3) is 5.64. The molecule has 1 aromatic heterocycles. The van der Waals surface area contributed by atoms with Crippen molar-refractivity contribution in [1.29, 1.82) is 0 Å². The summed E-state index contributed by atoms with van der Waals surface area (Å²) in [6, 6.07) is 5.34. The number of hydrogen-bond acceptors (Lipinski definition) is 5. The highest BCUT2D eigenvalue weighted by Gasteiger charge is 2.73. The summed E-state index contributed by atoms with van der Waals surface area (Å²) in [5, 5.41) is 9.63. The van der Waals surface area contributed by atoms with E-state index in [-0.39, 0.29) is 29.2 Å². The molecule has 0 aliphatic carbocycles. The van der Waals surface area contributed by atoms with Crippen molar-refractivity contribution in [3.63, 3.8) is 0 Å². The van der Waals surface area contributed by atoms with E-state index in [1.54, 1.807) is 29.5 Å². The number of pyridine rings is 1. The molecule has 0 fully saturated rings. The van der Waals surface area contributed by atoms with E-state index >= 15 is 0 Å². The first-order valence-electron chi connectivity index (χ1n) is 9.23. The van der Waals surface area contributed by atoms with Crippen LogP contribution in [0.5, 0.6) is 11.5 Å². The zero-order valence-corrected chi connectivity index (χ0v) is 19.1. The Morgan fingerprint density at radius 3 is 2.25 bits per heavy atom. The molecule has 1 N–H and O–H groups in total. The van der Waals surface area contributed by atoms with Crippen molar-refractivity contribution in [1.82, 2.24) is 4.98 Å². The molecular weight excluding hydrogens is 559 g/mol. The second-order valence-corrected chi connectivity index (χ2v) is 7.83. The molecule has 0 bridgehead atoms. The minimum Gasteiger partial charge on any atom is -0.457 e. The number of nitrogens with zero attached hydrogens (tertiary/aromatic N) is 1. The average molecular weight is 579 g/mol. The molecule has 1 aromatic carbocycles. The predicted molar refractivity (Wildman–Crippen MR) is 110 cm³/mol. The summed E-state index contributed by atoms with van der Waals surface area (Å²) in [6.07, 6.45) is -9.70. The van der Waals surface area contributed by atoms with Crippen LogP contribution in [0.25, 0.3) is 0 Å². The molecule has 0 radical (unpaired) electrons. The first-order valence-corrected chi connectivity index (χ1v) is 10.5. The number of halogens is 7. The number of aliphatic hydroxyl groups is 1. The number of hydrogen-bond donors (Lipinski definition) is 1. The third-order valence-electron chi connectivity index (χ3n) is 4.40. The van der Waals surface area contributed by atoms with Gasteiger partial charge in [0.15, 0.2) is 0 Å². The standard InChI is InChI=1S/C20H20F6INO4/c1-3-4-12-9-13(18(19(21,22)23,20(24,25)26)31-11-30-2)5-6-16(12)32-14-7-8-28-15(10-14)17(27)29/h5-10,17,29H,3-4,11H2,1-2H3. The normalized spacial score (nSPS) is 13.8. The Morgan fingerprint density at radius 1 is 1.06 bits per heavy atom. The Kier molecular flexibility index (Phi) is 8.76. The number of ether oxygens (including phenoxy) is 3. The average Bonchev–Trinajstić information content (AvgIpc) is 2.68. The van der Waals surface area contributed by atoms with Crippen LogP contribution in [0.3, 0.4) is 0 Å². The van der Waals surface area contributed by atoms with Gasteiger partial charge in [-0.05, 0) is 52.8 Å². The molecule has 12 heteroatoms. The number of aryl methyl sites for hydroxylation is 1. The van der Waals surface area contributed by atoms with Crippen molar-refractivity contribution in [3.8, 4) is 11.5 Å². The number of methoxy groups -OCH3 is 1. The lowest BCUT2D eigenvalue weighted by Gasteiger charge is -2.37. The van der Waals surface area contributed by atoms with E-state index in [0.717, 1.165) is 19.2 Å². The number of rotatable bonds is 9. The van der Waals surface area contributed by atoms with Crippen LogP contribution in [0, 0.1) is 0 Å². The molecule has 0 aliphatic heterocycles. The molecule has 178 valence electrons. The summed E-state index contributed by atoms with van der Waals surface area (Å²) in [5.41, 5.74) is -5.31. The summed E-state index contributed by atoms with van der Waals surface area (Å²) in [6.45, 7) is 0.494. The molecule has 0 amide bonds. The number of alkyl halides is 7. The first-order chi connectivity index (χ1) is 14.9. The summed E-state index contributed by atoms with van der Waals surface area (Å²) in [5.74, 6) is 0.282. The van der Waals surface area contributed by atoms with Gasteiger partial charge >= 0.3 is 12.4 Å². The van der Waals surface area contributed by atoms with Crippen molar-refractivity contribution >= 4 is 22.6 Å². The second-order valence-electron chi connectivity index (χ2n) is 6.65. The van der Waals surface area contributed by atoms with E-state index in [1.165, 1.54) is 18.3 Å². The van der Waals surface area contributed by atoms with E-state index in [2.05, 4.69) is 14.5 Å². The zero-order valence-electron chi connectivity index (χ0n) is 16.9. The van der Waals surface area contributed by atoms with Gasteiger partial charge in [-0.3, -0.25) is 4.98 Å². The molecule has 32 heavy (non-hydrogen) atoms. The fourth-order valence-electron chi connectivity index (χ4n) is 2.99. The van der Waals surface area contributed by atoms with Crippen LogP contribution in [0.15, 0.2) is 36.5 Å². The molecule has 2 rings (SSSR count). The summed E-state index contributed by atoms with van der Waals surface area (Å²) in [4.78, 5) is 3.95. The van der Waals surface area contributed by atoms with Crippen LogP contribution in [-0.4, -0.2) is 36.3 Å². The zero-order chi connectivity index (χ0) is 24.2. The van der Waals surface area contributed by atoms with E-state index in [4.69, 9.17) is 4.74 Å². The highest BCUT2D eigenvalue weighted by Crippen LogP contribution is 2.53. The quantitative estimate of drug-likeness (QED) is 0.166. The maximum Gasteiger partial charge on any atom is 0.430 e. The van der Waals surface area contributed by atoms with E-state index < -0.39 is 34.4 Å². The van der Waals surface area contributed by atoms with Gasteiger partial charge in [-0.25, -0.2) is 0 Å². The Hall–Kier alpha value is -1.64. The Balaban J connectivity index is 2.59. The van der Waals surface area contributed by atoms with Gasteiger partial charge in [0, 0.05) is 24.9 Å². The molecule has 1 unspecified atom stereocenters. The van der Waals surface area contributed by atoms with Crippen molar-refractivity contribution in [2.75, 3.05) is 13.9 Å². The van der Waals surface area contributed by atoms with Crippen molar-refractivity contribution in [2.24, 2.45) is 0 Å². The van der Waals surface area contributed by atoms with Crippen LogP contribution in [-0.2, 0) is 21.5 Å². The molecule has 0 saturated heterocycles. The first kappa shape index (κ1) is 26.6. The lowest BCUT2D eigenvalue weighted by molar-refractivity contribution is -0.400. The van der Waals surface area contributed by atoms with Gasteiger partial charge in [0.2, 0.25) is 0 Å². The summed E-state index contributed by atoms with van der Waals surface area (Å²) < 4.78 is 96.2. The van der Waals surface area contributed by atoms with Gasteiger partial charge < -0.3 is 19.3 Å². The van der Waals surface area contributed by atoms with Gasteiger partial charge in [0.05, 0.1) is 5.69 Å². The third-order valence-corrected chi connectivity index (χ3v) is 5.04. The molecular formula is C20H20F6INO4. The van der Waals surface area contributed by atoms with Gasteiger partial charge in [0.25, 0.3) is 5.60 Å². The van der Waals surface area contributed by atoms with Crippen LogP contribution >= 0.6 is 22.6 Å². The monoisotopic (exact) mass is 579 g/mol. The largest absolute Gasteiger partial charge is 0.457 e. The molecule has 1 atom stereocenters. The topological polar surface area (TPSA) is 60.8 Å². The summed E-state index contributed by atoms with van der Waals surface area (Å²) in [7, 11) is 0.923. The Labute approximate surface area is 193 Å².